The van der Waals surface area contributed by atoms with Crippen molar-refractivity contribution in [1.29, 1.82) is 0 Å². The van der Waals surface area contributed by atoms with E-state index in [0.29, 0.717) is 27.8 Å². The fourth-order valence-electron chi connectivity index (χ4n) is 2.39. The van der Waals surface area contributed by atoms with E-state index in [2.05, 4.69) is 0 Å². The minimum absolute atomic E-state index is 0.0697. The van der Waals surface area contributed by atoms with Crippen LogP contribution in [0, 0.1) is 0 Å². The van der Waals surface area contributed by atoms with Crippen molar-refractivity contribution in [3.8, 4) is 17.2 Å². The van der Waals surface area contributed by atoms with Crippen LogP contribution in [0.5, 0.6) is 17.2 Å². The van der Waals surface area contributed by atoms with Crippen molar-refractivity contribution in [1.82, 2.24) is 0 Å². The molecular formula is C16H18O6. The summed E-state index contributed by atoms with van der Waals surface area (Å²) in [4.78, 5) is 12.0. The summed E-state index contributed by atoms with van der Waals surface area (Å²) in [7, 11) is 5.79. The first-order valence-electron chi connectivity index (χ1n) is 6.55. The third kappa shape index (κ3) is 2.65. The van der Waals surface area contributed by atoms with E-state index in [1.54, 1.807) is 25.3 Å². The summed E-state index contributed by atoms with van der Waals surface area (Å²) in [6.07, 6.45) is 0. The highest BCUT2D eigenvalue weighted by atomic mass is 16.5. The molecule has 0 saturated carbocycles. The molecule has 6 heteroatoms. The van der Waals surface area contributed by atoms with Gasteiger partial charge in [-0.2, -0.15) is 0 Å². The normalized spacial score (nSPS) is 10.5. The number of benzene rings is 2. The van der Waals surface area contributed by atoms with Crippen molar-refractivity contribution in [2.75, 3.05) is 28.4 Å². The SMILES string of the molecule is COCc1cc2cc(OC)cc(OC)c2c(O)c1C(=O)OC. The van der Waals surface area contributed by atoms with Gasteiger partial charge in [-0.15, -0.1) is 0 Å². The predicted molar refractivity (Wildman–Crippen MR) is 80.8 cm³/mol. The number of hydrogen-bond acceptors (Lipinski definition) is 6. The highest BCUT2D eigenvalue weighted by Gasteiger charge is 2.22. The van der Waals surface area contributed by atoms with E-state index in [-0.39, 0.29) is 17.9 Å². The Bertz CT molecular complexity index is 708. The molecular weight excluding hydrogens is 288 g/mol. The van der Waals surface area contributed by atoms with Gasteiger partial charge in [0.2, 0.25) is 0 Å². The molecule has 0 atom stereocenters. The lowest BCUT2D eigenvalue weighted by molar-refractivity contribution is 0.0592. The van der Waals surface area contributed by atoms with Crippen LogP contribution in [0.1, 0.15) is 15.9 Å². The summed E-state index contributed by atoms with van der Waals surface area (Å²) >= 11 is 0. The second kappa shape index (κ2) is 6.53. The van der Waals surface area contributed by atoms with Gasteiger partial charge in [-0.05, 0) is 23.1 Å². The number of carbonyl (C=O) groups excluding carboxylic acids is 1. The molecule has 22 heavy (non-hydrogen) atoms. The van der Waals surface area contributed by atoms with Crippen LogP contribution in [-0.4, -0.2) is 39.5 Å². The Morgan fingerprint density at radius 1 is 1.09 bits per heavy atom. The number of ether oxygens (including phenoxy) is 4. The first kappa shape index (κ1) is 15.9. The molecule has 0 saturated heterocycles. The lowest BCUT2D eigenvalue weighted by Gasteiger charge is -2.15. The Kier molecular flexibility index (Phi) is 4.72. The van der Waals surface area contributed by atoms with Crippen molar-refractivity contribution in [3.05, 3.63) is 29.3 Å². The minimum atomic E-state index is -0.635. The molecule has 0 amide bonds. The zero-order valence-corrected chi connectivity index (χ0v) is 12.9. The van der Waals surface area contributed by atoms with Gasteiger partial charge in [0, 0.05) is 13.2 Å². The number of fused-ring (bicyclic) bond motifs is 1. The molecule has 1 N–H and O–H groups in total. The molecule has 0 aliphatic heterocycles. The number of aromatic hydroxyl groups is 1. The van der Waals surface area contributed by atoms with Gasteiger partial charge in [-0.3, -0.25) is 0 Å². The molecule has 0 radical (unpaired) electrons. The first-order valence-corrected chi connectivity index (χ1v) is 6.55. The van der Waals surface area contributed by atoms with Crippen molar-refractivity contribution in [2.24, 2.45) is 0 Å². The van der Waals surface area contributed by atoms with Gasteiger partial charge in [-0.1, -0.05) is 0 Å². The lowest BCUT2D eigenvalue weighted by Crippen LogP contribution is -2.08. The van der Waals surface area contributed by atoms with Crippen LogP contribution in [-0.2, 0) is 16.1 Å². The van der Waals surface area contributed by atoms with Crippen LogP contribution in [0.25, 0.3) is 10.8 Å². The average Bonchev–Trinajstić information content (AvgIpc) is 2.53. The topological polar surface area (TPSA) is 74.2 Å². The zero-order chi connectivity index (χ0) is 16.3. The third-order valence-electron chi connectivity index (χ3n) is 3.38. The molecule has 118 valence electrons. The van der Waals surface area contributed by atoms with Crippen molar-refractivity contribution >= 4 is 16.7 Å². The Morgan fingerprint density at radius 2 is 1.82 bits per heavy atom. The standard InChI is InChI=1S/C16H18O6/c1-19-8-10-5-9-6-11(20-2)7-12(21-3)13(9)15(17)14(10)16(18)22-4/h5-7,17H,8H2,1-4H3. The van der Waals surface area contributed by atoms with Crippen LogP contribution in [0.15, 0.2) is 18.2 Å². The van der Waals surface area contributed by atoms with Gasteiger partial charge in [0.25, 0.3) is 0 Å². The van der Waals surface area contributed by atoms with E-state index < -0.39 is 5.97 Å². The van der Waals surface area contributed by atoms with Crippen LogP contribution in [0.4, 0.5) is 0 Å². The molecule has 0 spiro atoms. The first-order chi connectivity index (χ1) is 10.6. The molecule has 2 aromatic carbocycles. The summed E-state index contributed by atoms with van der Waals surface area (Å²) < 4.78 is 20.4. The second-order valence-corrected chi connectivity index (χ2v) is 4.61. The summed E-state index contributed by atoms with van der Waals surface area (Å²) in [5.74, 6) is 0.152. The molecule has 0 heterocycles. The van der Waals surface area contributed by atoms with Crippen molar-refractivity contribution < 1.29 is 28.8 Å². The van der Waals surface area contributed by atoms with Crippen molar-refractivity contribution in [2.45, 2.75) is 6.61 Å². The maximum Gasteiger partial charge on any atom is 0.342 e. The smallest absolute Gasteiger partial charge is 0.342 e. The fourth-order valence-corrected chi connectivity index (χ4v) is 2.39. The molecule has 0 aliphatic carbocycles. The van der Waals surface area contributed by atoms with Gasteiger partial charge >= 0.3 is 5.97 Å². The molecule has 2 rings (SSSR count). The number of hydrogen-bond donors (Lipinski definition) is 1. The van der Waals surface area contributed by atoms with Gasteiger partial charge in [0.15, 0.2) is 0 Å². The second-order valence-electron chi connectivity index (χ2n) is 4.61. The monoisotopic (exact) mass is 306 g/mol. The number of rotatable bonds is 5. The molecule has 2 aromatic rings. The van der Waals surface area contributed by atoms with Crippen LogP contribution in [0.2, 0.25) is 0 Å². The highest BCUT2D eigenvalue weighted by molar-refractivity contribution is 6.05. The molecule has 0 aliphatic rings. The van der Waals surface area contributed by atoms with Crippen LogP contribution >= 0.6 is 0 Å². The number of phenolic OH excluding ortho intramolecular Hbond substituents is 1. The number of methoxy groups -OCH3 is 4. The van der Waals surface area contributed by atoms with Gasteiger partial charge in [0.05, 0.1) is 33.3 Å². The fraction of sp³-hybridized carbons (Fsp3) is 0.312. The average molecular weight is 306 g/mol. The number of esters is 1. The summed E-state index contributed by atoms with van der Waals surface area (Å²) in [5.41, 5.74) is 0.593. The van der Waals surface area contributed by atoms with E-state index in [9.17, 15) is 9.90 Å². The largest absolute Gasteiger partial charge is 0.506 e. The van der Waals surface area contributed by atoms with Crippen LogP contribution in [0.3, 0.4) is 0 Å². The molecule has 0 fully saturated rings. The predicted octanol–water partition coefficient (Wildman–Crippen LogP) is 2.50. The van der Waals surface area contributed by atoms with E-state index in [1.807, 2.05) is 0 Å². The van der Waals surface area contributed by atoms with E-state index >= 15 is 0 Å². The molecule has 6 nitrogen and oxygen atoms in total. The van der Waals surface area contributed by atoms with E-state index in [0.717, 1.165) is 0 Å². The van der Waals surface area contributed by atoms with Gasteiger partial charge < -0.3 is 24.1 Å². The molecule has 0 bridgehead atoms. The summed E-state index contributed by atoms with van der Waals surface area (Å²) in [6.45, 7) is 0.160. The quantitative estimate of drug-likeness (QED) is 0.856. The van der Waals surface area contributed by atoms with Gasteiger partial charge in [0.1, 0.15) is 22.8 Å². The van der Waals surface area contributed by atoms with Gasteiger partial charge in [-0.25, -0.2) is 4.79 Å². The Labute approximate surface area is 128 Å². The maximum atomic E-state index is 12.0. The zero-order valence-electron chi connectivity index (χ0n) is 12.9. The highest BCUT2D eigenvalue weighted by Crippen LogP contribution is 2.41. The molecule has 0 unspecified atom stereocenters. The van der Waals surface area contributed by atoms with E-state index in [4.69, 9.17) is 18.9 Å². The van der Waals surface area contributed by atoms with Crippen LogP contribution < -0.4 is 9.47 Å². The van der Waals surface area contributed by atoms with E-state index in [1.165, 1.54) is 21.3 Å². The lowest BCUT2D eigenvalue weighted by atomic mass is 9.98. The Morgan fingerprint density at radius 3 is 2.36 bits per heavy atom. The molecule has 0 aromatic heterocycles. The summed E-state index contributed by atoms with van der Waals surface area (Å²) in [6, 6.07) is 5.13. The number of phenols is 1. The maximum absolute atomic E-state index is 12.0. The summed E-state index contributed by atoms with van der Waals surface area (Å²) in [5, 5.41) is 11.7. The van der Waals surface area contributed by atoms with Crippen molar-refractivity contribution in [3.63, 3.8) is 0 Å². The Hall–Kier alpha value is -2.47. The minimum Gasteiger partial charge on any atom is -0.506 e. The Balaban J connectivity index is 2.86. The third-order valence-corrected chi connectivity index (χ3v) is 3.38. The number of carbonyl (C=O) groups is 1.